The van der Waals surface area contributed by atoms with Gasteiger partial charge in [0.1, 0.15) is 0 Å². The van der Waals surface area contributed by atoms with Gasteiger partial charge in [-0.05, 0) is 55.5 Å². The van der Waals surface area contributed by atoms with E-state index in [9.17, 15) is 13.2 Å². The molecule has 1 heterocycles. The first-order valence-corrected chi connectivity index (χ1v) is 9.84. The number of carbonyl (C=O) groups is 1. The van der Waals surface area contributed by atoms with Crippen LogP contribution < -0.4 is 10.0 Å². The summed E-state index contributed by atoms with van der Waals surface area (Å²) in [4.78, 5) is 15.4. The molecule has 1 aromatic heterocycles. The van der Waals surface area contributed by atoms with E-state index in [1.54, 1.807) is 55.5 Å². The third kappa shape index (κ3) is 4.70. The summed E-state index contributed by atoms with van der Waals surface area (Å²) < 4.78 is 31.0. The Hall–Kier alpha value is -3.20. The highest BCUT2D eigenvalue weighted by molar-refractivity contribution is 7.92. The van der Waals surface area contributed by atoms with Crippen molar-refractivity contribution in [2.75, 3.05) is 15.8 Å². The molecule has 0 unspecified atom stereocenters. The number of rotatable bonds is 6. The average molecular weight is 386 g/mol. The number of amides is 1. The molecule has 0 atom stereocenters. The van der Waals surface area contributed by atoms with Crippen molar-refractivity contribution in [3.05, 3.63) is 48.5 Å². The lowest BCUT2D eigenvalue weighted by molar-refractivity contribution is -0.114. The van der Waals surface area contributed by atoms with E-state index in [0.717, 1.165) is 5.56 Å². The van der Waals surface area contributed by atoms with Crippen molar-refractivity contribution >= 4 is 27.3 Å². The molecular formula is C18H18N4O4S. The highest BCUT2D eigenvalue weighted by atomic mass is 32.2. The highest BCUT2D eigenvalue weighted by Crippen LogP contribution is 2.24. The maximum Gasteiger partial charge on any atom is 0.258 e. The molecule has 8 nitrogen and oxygen atoms in total. The summed E-state index contributed by atoms with van der Waals surface area (Å²) in [5, 5.41) is 6.65. The normalized spacial score (nSPS) is 11.2. The molecule has 3 rings (SSSR count). The number of hydrogen-bond acceptors (Lipinski definition) is 6. The zero-order valence-electron chi connectivity index (χ0n) is 14.8. The van der Waals surface area contributed by atoms with Crippen LogP contribution in [0.3, 0.4) is 0 Å². The molecule has 0 radical (unpaired) electrons. The fourth-order valence-corrected chi connectivity index (χ4v) is 2.94. The van der Waals surface area contributed by atoms with E-state index in [1.807, 2.05) is 0 Å². The molecule has 0 fully saturated rings. The summed E-state index contributed by atoms with van der Waals surface area (Å²) in [7, 11) is -3.32. The van der Waals surface area contributed by atoms with Gasteiger partial charge < -0.3 is 9.84 Å². The molecule has 0 spiro atoms. The number of nitrogens with one attached hydrogen (secondary N) is 2. The first kappa shape index (κ1) is 18.6. The Kier molecular flexibility index (Phi) is 5.22. The molecule has 1 amide bonds. The lowest BCUT2D eigenvalue weighted by atomic mass is 10.2. The minimum atomic E-state index is -3.32. The number of aromatic nitrogens is 2. The van der Waals surface area contributed by atoms with Gasteiger partial charge in [0.25, 0.3) is 5.89 Å². The van der Waals surface area contributed by atoms with E-state index in [1.165, 1.54) is 6.92 Å². The van der Waals surface area contributed by atoms with Crippen LogP contribution in [0.1, 0.15) is 13.8 Å². The maximum atomic E-state index is 11.6. The van der Waals surface area contributed by atoms with Crippen molar-refractivity contribution in [3.63, 3.8) is 0 Å². The molecule has 0 aliphatic rings. The van der Waals surface area contributed by atoms with Crippen LogP contribution in [0.15, 0.2) is 53.1 Å². The molecule has 0 aliphatic heterocycles. The fraction of sp³-hybridized carbons (Fsp3) is 0.167. The van der Waals surface area contributed by atoms with E-state index in [2.05, 4.69) is 20.2 Å². The van der Waals surface area contributed by atoms with Crippen LogP contribution in [0.25, 0.3) is 22.8 Å². The van der Waals surface area contributed by atoms with Gasteiger partial charge >= 0.3 is 0 Å². The Labute approximate surface area is 156 Å². The predicted octanol–water partition coefficient (Wildman–Crippen LogP) is 3.12. The van der Waals surface area contributed by atoms with Crippen LogP contribution in [0, 0.1) is 0 Å². The van der Waals surface area contributed by atoms with E-state index in [-0.39, 0.29) is 11.7 Å². The summed E-state index contributed by atoms with van der Waals surface area (Å²) in [6.07, 6.45) is 0. The molecule has 9 heteroatoms. The molecule has 0 saturated heterocycles. The molecule has 0 aliphatic carbocycles. The van der Waals surface area contributed by atoms with Crippen LogP contribution in [-0.4, -0.2) is 30.2 Å². The SMILES string of the molecule is CCS(=O)(=O)Nc1ccc(-c2noc(-c3ccc(NC(C)=O)cc3)n2)cc1. The first-order valence-electron chi connectivity index (χ1n) is 8.19. The van der Waals surface area contributed by atoms with E-state index in [4.69, 9.17) is 4.52 Å². The quantitative estimate of drug-likeness (QED) is 0.673. The smallest absolute Gasteiger partial charge is 0.258 e. The average Bonchev–Trinajstić information content (AvgIpc) is 3.12. The van der Waals surface area contributed by atoms with E-state index < -0.39 is 10.0 Å². The Morgan fingerprint density at radius 1 is 1.00 bits per heavy atom. The monoisotopic (exact) mass is 386 g/mol. The van der Waals surface area contributed by atoms with Crippen molar-refractivity contribution in [1.29, 1.82) is 0 Å². The number of benzene rings is 2. The van der Waals surface area contributed by atoms with Gasteiger partial charge in [0.15, 0.2) is 0 Å². The van der Waals surface area contributed by atoms with Gasteiger partial charge in [-0.15, -0.1) is 0 Å². The second kappa shape index (κ2) is 7.58. The molecule has 140 valence electrons. The Balaban J connectivity index is 1.76. The van der Waals surface area contributed by atoms with Gasteiger partial charge in [-0.25, -0.2) is 8.42 Å². The lowest BCUT2D eigenvalue weighted by Gasteiger charge is -2.05. The summed E-state index contributed by atoms with van der Waals surface area (Å²) in [6.45, 7) is 3.01. The molecule has 3 aromatic rings. The summed E-state index contributed by atoms with van der Waals surface area (Å²) in [6, 6.07) is 13.7. The van der Waals surface area contributed by atoms with Crippen molar-refractivity contribution in [2.45, 2.75) is 13.8 Å². The third-order valence-electron chi connectivity index (χ3n) is 3.67. The van der Waals surface area contributed by atoms with Gasteiger partial charge in [-0.1, -0.05) is 5.16 Å². The number of sulfonamides is 1. The van der Waals surface area contributed by atoms with Crippen molar-refractivity contribution in [3.8, 4) is 22.8 Å². The van der Waals surface area contributed by atoms with Crippen LogP contribution in [0.5, 0.6) is 0 Å². The van der Waals surface area contributed by atoms with Crippen LogP contribution in [0.4, 0.5) is 11.4 Å². The fourth-order valence-electron chi connectivity index (χ4n) is 2.30. The van der Waals surface area contributed by atoms with Gasteiger partial charge in [0, 0.05) is 29.4 Å². The van der Waals surface area contributed by atoms with Crippen molar-refractivity contribution in [1.82, 2.24) is 10.1 Å². The largest absolute Gasteiger partial charge is 0.334 e. The summed E-state index contributed by atoms with van der Waals surface area (Å²) >= 11 is 0. The lowest BCUT2D eigenvalue weighted by Crippen LogP contribution is -2.14. The third-order valence-corrected chi connectivity index (χ3v) is 4.98. The summed E-state index contributed by atoms with van der Waals surface area (Å²) in [5.41, 5.74) is 2.56. The summed E-state index contributed by atoms with van der Waals surface area (Å²) in [5.74, 6) is 0.590. The van der Waals surface area contributed by atoms with Crippen LogP contribution in [-0.2, 0) is 14.8 Å². The number of anilines is 2. The van der Waals surface area contributed by atoms with E-state index >= 15 is 0 Å². The predicted molar refractivity (Wildman–Crippen MR) is 103 cm³/mol. The molecule has 0 saturated carbocycles. The Morgan fingerprint density at radius 2 is 1.59 bits per heavy atom. The zero-order valence-corrected chi connectivity index (χ0v) is 15.6. The van der Waals surface area contributed by atoms with Gasteiger partial charge in [0.05, 0.1) is 5.75 Å². The van der Waals surface area contributed by atoms with Gasteiger partial charge in [-0.3, -0.25) is 9.52 Å². The first-order chi connectivity index (χ1) is 12.9. The minimum absolute atomic E-state index is 0.00365. The molecule has 2 aromatic carbocycles. The van der Waals surface area contributed by atoms with Crippen molar-refractivity contribution < 1.29 is 17.7 Å². The topological polar surface area (TPSA) is 114 Å². The second-order valence-corrected chi connectivity index (χ2v) is 7.78. The van der Waals surface area contributed by atoms with Crippen LogP contribution in [0.2, 0.25) is 0 Å². The maximum absolute atomic E-state index is 11.6. The highest BCUT2D eigenvalue weighted by Gasteiger charge is 2.12. The number of carbonyl (C=O) groups excluding carboxylic acids is 1. The van der Waals surface area contributed by atoms with Crippen molar-refractivity contribution in [2.24, 2.45) is 0 Å². The zero-order chi connectivity index (χ0) is 19.4. The minimum Gasteiger partial charge on any atom is -0.334 e. The standard InChI is InChI=1S/C18H18N4O4S/c1-3-27(24,25)22-16-10-4-13(5-11-16)17-20-18(26-21-17)14-6-8-15(9-7-14)19-12(2)23/h4-11,22H,3H2,1-2H3,(H,19,23). The molecule has 27 heavy (non-hydrogen) atoms. The number of nitrogens with zero attached hydrogens (tertiary/aromatic N) is 2. The Bertz CT molecular complexity index is 1040. The molecule has 0 bridgehead atoms. The van der Waals surface area contributed by atoms with Crippen LogP contribution >= 0.6 is 0 Å². The van der Waals surface area contributed by atoms with Gasteiger partial charge in [0.2, 0.25) is 21.8 Å². The number of hydrogen-bond donors (Lipinski definition) is 2. The van der Waals surface area contributed by atoms with E-state index in [0.29, 0.717) is 28.7 Å². The molecule has 2 N–H and O–H groups in total. The second-order valence-electron chi connectivity index (χ2n) is 5.76. The van der Waals surface area contributed by atoms with Gasteiger partial charge in [-0.2, -0.15) is 4.98 Å². The Morgan fingerprint density at radius 3 is 2.19 bits per heavy atom. The molecular weight excluding hydrogens is 368 g/mol.